The van der Waals surface area contributed by atoms with Crippen LogP contribution in [0.25, 0.3) is 0 Å². The molecule has 2 heteroatoms. The average Bonchev–Trinajstić information content (AvgIpc) is 2.81. The van der Waals surface area contributed by atoms with Crippen LogP contribution in [0.3, 0.4) is 0 Å². The first-order chi connectivity index (χ1) is 7.36. The highest BCUT2D eigenvalue weighted by molar-refractivity contribution is 7.99. The predicted octanol–water partition coefficient (Wildman–Crippen LogP) is 2.82. The molecule has 0 aromatic carbocycles. The van der Waals surface area contributed by atoms with Crippen molar-refractivity contribution >= 4 is 11.8 Å². The quantitative estimate of drug-likeness (QED) is 0.738. The lowest BCUT2D eigenvalue weighted by Gasteiger charge is -2.42. The summed E-state index contributed by atoms with van der Waals surface area (Å²) in [6.45, 7) is 0. The van der Waals surface area contributed by atoms with Gasteiger partial charge in [0.1, 0.15) is 0 Å². The average molecular weight is 223 g/mol. The van der Waals surface area contributed by atoms with Gasteiger partial charge in [0.25, 0.3) is 0 Å². The standard InChI is InChI=1S/C13H21NS/c1-15-11-6-5-10(8-11)14-13-7-9-3-2-4-12(9)13/h2,4,9-14H,3,5-8H2,1H3. The van der Waals surface area contributed by atoms with Crippen molar-refractivity contribution in [2.75, 3.05) is 6.26 Å². The van der Waals surface area contributed by atoms with Crippen LogP contribution in [0.5, 0.6) is 0 Å². The van der Waals surface area contributed by atoms with Gasteiger partial charge in [-0.25, -0.2) is 0 Å². The van der Waals surface area contributed by atoms with E-state index in [1.165, 1.54) is 32.1 Å². The molecule has 0 radical (unpaired) electrons. The molecule has 0 aromatic heterocycles. The molecule has 0 saturated heterocycles. The van der Waals surface area contributed by atoms with Crippen LogP contribution in [0.1, 0.15) is 32.1 Å². The van der Waals surface area contributed by atoms with E-state index in [-0.39, 0.29) is 0 Å². The summed E-state index contributed by atoms with van der Waals surface area (Å²) in [5, 5.41) is 4.81. The summed E-state index contributed by atoms with van der Waals surface area (Å²) in [6, 6.07) is 1.64. The zero-order valence-corrected chi connectivity index (χ0v) is 10.3. The number of hydrogen-bond donors (Lipinski definition) is 1. The third kappa shape index (κ3) is 1.87. The van der Waals surface area contributed by atoms with Crippen molar-refractivity contribution in [3.05, 3.63) is 12.2 Å². The van der Waals surface area contributed by atoms with Gasteiger partial charge < -0.3 is 5.32 Å². The van der Waals surface area contributed by atoms with Crippen LogP contribution in [0, 0.1) is 11.8 Å². The number of thioether (sulfide) groups is 1. The molecule has 2 saturated carbocycles. The smallest absolute Gasteiger partial charge is 0.0138 e. The summed E-state index contributed by atoms with van der Waals surface area (Å²) in [5.41, 5.74) is 0. The Morgan fingerprint density at radius 3 is 2.93 bits per heavy atom. The van der Waals surface area contributed by atoms with E-state index in [1.54, 1.807) is 0 Å². The maximum Gasteiger partial charge on any atom is 0.0138 e. The molecule has 5 unspecified atom stereocenters. The fraction of sp³-hybridized carbons (Fsp3) is 0.846. The fourth-order valence-corrected chi connectivity index (χ4v) is 4.31. The van der Waals surface area contributed by atoms with Gasteiger partial charge in [-0.2, -0.15) is 11.8 Å². The molecule has 3 aliphatic carbocycles. The minimum atomic E-state index is 0.819. The first-order valence-corrected chi connectivity index (χ1v) is 7.61. The lowest BCUT2D eigenvalue weighted by molar-refractivity contribution is 0.150. The number of allylic oxidation sites excluding steroid dienone is 1. The Morgan fingerprint density at radius 2 is 2.20 bits per heavy atom. The number of fused-ring (bicyclic) bond motifs is 1. The van der Waals surface area contributed by atoms with E-state index in [2.05, 4.69) is 35.5 Å². The van der Waals surface area contributed by atoms with Crippen molar-refractivity contribution < 1.29 is 0 Å². The van der Waals surface area contributed by atoms with E-state index in [1.807, 2.05) is 0 Å². The topological polar surface area (TPSA) is 12.0 Å². The van der Waals surface area contributed by atoms with Crippen molar-refractivity contribution in [2.24, 2.45) is 11.8 Å². The van der Waals surface area contributed by atoms with Crippen LogP contribution >= 0.6 is 11.8 Å². The molecule has 1 nitrogen and oxygen atoms in total. The minimum Gasteiger partial charge on any atom is -0.311 e. The minimum absolute atomic E-state index is 0.819. The Bertz CT molecular complexity index is 263. The Labute approximate surface area is 97.1 Å². The highest BCUT2D eigenvalue weighted by atomic mass is 32.2. The molecule has 15 heavy (non-hydrogen) atoms. The summed E-state index contributed by atoms with van der Waals surface area (Å²) >= 11 is 2.05. The summed E-state index contributed by atoms with van der Waals surface area (Å²) in [7, 11) is 0. The van der Waals surface area contributed by atoms with Crippen LogP contribution in [0.2, 0.25) is 0 Å². The zero-order valence-electron chi connectivity index (χ0n) is 9.49. The van der Waals surface area contributed by atoms with E-state index in [9.17, 15) is 0 Å². The highest BCUT2D eigenvalue weighted by Crippen LogP contribution is 2.43. The first-order valence-electron chi connectivity index (χ1n) is 6.32. The molecule has 5 atom stereocenters. The summed E-state index contributed by atoms with van der Waals surface area (Å²) in [5.74, 6) is 1.89. The molecule has 1 N–H and O–H groups in total. The third-order valence-corrected chi connectivity index (χ3v) is 5.63. The van der Waals surface area contributed by atoms with Crippen LogP contribution in [-0.2, 0) is 0 Å². The normalized spacial score (nSPS) is 47.9. The van der Waals surface area contributed by atoms with E-state index in [0.717, 1.165) is 29.2 Å². The molecule has 0 heterocycles. The molecule has 0 aromatic rings. The van der Waals surface area contributed by atoms with Gasteiger partial charge in [-0.05, 0) is 50.2 Å². The Balaban J connectivity index is 1.48. The van der Waals surface area contributed by atoms with E-state index in [0.29, 0.717) is 0 Å². The summed E-state index contributed by atoms with van der Waals surface area (Å²) in [6.07, 6.45) is 14.1. The van der Waals surface area contributed by atoms with Gasteiger partial charge in [0.15, 0.2) is 0 Å². The van der Waals surface area contributed by atoms with Gasteiger partial charge in [0, 0.05) is 17.3 Å². The second-order valence-corrected chi connectivity index (χ2v) is 6.52. The molecule has 0 amide bonds. The Morgan fingerprint density at radius 1 is 1.27 bits per heavy atom. The van der Waals surface area contributed by atoms with Gasteiger partial charge in [0.05, 0.1) is 0 Å². The number of hydrogen-bond acceptors (Lipinski definition) is 2. The molecule has 0 spiro atoms. The maximum atomic E-state index is 3.89. The Hall–Kier alpha value is 0.0500. The molecule has 3 rings (SSSR count). The van der Waals surface area contributed by atoms with E-state index < -0.39 is 0 Å². The van der Waals surface area contributed by atoms with Gasteiger partial charge in [-0.15, -0.1) is 0 Å². The fourth-order valence-electron chi connectivity index (χ4n) is 3.52. The molecule has 3 aliphatic rings. The molecular weight excluding hydrogens is 202 g/mol. The van der Waals surface area contributed by atoms with Crippen LogP contribution in [0.4, 0.5) is 0 Å². The molecule has 2 fully saturated rings. The summed E-state index contributed by atoms with van der Waals surface area (Å²) in [4.78, 5) is 0. The SMILES string of the molecule is CSC1CCC(NC2CC3CC=CC32)C1. The van der Waals surface area contributed by atoms with Crippen molar-refractivity contribution in [3.8, 4) is 0 Å². The van der Waals surface area contributed by atoms with Crippen molar-refractivity contribution in [1.29, 1.82) is 0 Å². The van der Waals surface area contributed by atoms with Crippen molar-refractivity contribution in [2.45, 2.75) is 49.4 Å². The number of nitrogens with one attached hydrogen (secondary N) is 1. The second kappa shape index (κ2) is 4.14. The van der Waals surface area contributed by atoms with Crippen LogP contribution in [0.15, 0.2) is 12.2 Å². The Kier molecular flexibility index (Phi) is 2.82. The van der Waals surface area contributed by atoms with Gasteiger partial charge in [-0.1, -0.05) is 12.2 Å². The van der Waals surface area contributed by atoms with Gasteiger partial charge in [-0.3, -0.25) is 0 Å². The van der Waals surface area contributed by atoms with E-state index >= 15 is 0 Å². The highest BCUT2D eigenvalue weighted by Gasteiger charge is 2.42. The van der Waals surface area contributed by atoms with Crippen molar-refractivity contribution in [1.82, 2.24) is 5.32 Å². The second-order valence-electron chi connectivity index (χ2n) is 5.38. The number of rotatable bonds is 3. The lowest BCUT2D eigenvalue weighted by atomic mass is 9.71. The predicted molar refractivity (Wildman–Crippen MR) is 67.2 cm³/mol. The monoisotopic (exact) mass is 223 g/mol. The first kappa shape index (κ1) is 10.2. The van der Waals surface area contributed by atoms with Crippen LogP contribution < -0.4 is 5.32 Å². The molecule has 0 bridgehead atoms. The molecular formula is C13H21NS. The summed E-state index contributed by atoms with van der Waals surface area (Å²) < 4.78 is 0. The van der Waals surface area contributed by atoms with E-state index in [4.69, 9.17) is 0 Å². The largest absolute Gasteiger partial charge is 0.311 e. The molecule has 84 valence electrons. The lowest BCUT2D eigenvalue weighted by Crippen LogP contribution is -2.51. The molecule has 0 aliphatic heterocycles. The maximum absolute atomic E-state index is 3.89. The third-order valence-electron chi connectivity index (χ3n) is 4.53. The zero-order chi connectivity index (χ0) is 10.3. The van der Waals surface area contributed by atoms with Crippen LogP contribution in [-0.4, -0.2) is 23.6 Å². The van der Waals surface area contributed by atoms with Crippen molar-refractivity contribution in [3.63, 3.8) is 0 Å². The van der Waals surface area contributed by atoms with Gasteiger partial charge in [0.2, 0.25) is 0 Å². The van der Waals surface area contributed by atoms with Gasteiger partial charge >= 0.3 is 0 Å².